The third kappa shape index (κ3) is 4.43. The number of alkyl halides is 3. The van der Waals surface area contributed by atoms with Crippen LogP contribution in [0.1, 0.15) is 12.7 Å². The molecule has 34 heavy (non-hydrogen) atoms. The largest absolute Gasteiger partial charge is 0.483 e. The number of aromatic amines is 1. The Morgan fingerprint density at radius 1 is 1.29 bits per heavy atom. The summed E-state index contributed by atoms with van der Waals surface area (Å²) in [7, 11) is 0. The SMILES string of the molecule is CCn1c(CO)nn(-c2cc(OCC(F)(F)F)c3c(Nc4c(F)cccc4Cl)n[nH]c3c2)c1=O. The fourth-order valence-corrected chi connectivity index (χ4v) is 3.58. The van der Waals surface area contributed by atoms with Crippen LogP contribution in [-0.2, 0) is 13.2 Å². The maximum absolute atomic E-state index is 14.3. The average Bonchev–Trinajstić information content (AvgIpc) is 3.34. The molecule has 4 aromatic rings. The molecule has 0 saturated carbocycles. The number of rotatable bonds is 7. The van der Waals surface area contributed by atoms with Crippen LogP contribution in [0.5, 0.6) is 5.75 Å². The molecule has 180 valence electrons. The number of hydrogen-bond donors (Lipinski definition) is 3. The number of ether oxygens (including phenoxy) is 1. The molecule has 0 amide bonds. The van der Waals surface area contributed by atoms with Gasteiger partial charge in [0.05, 0.1) is 27.3 Å². The van der Waals surface area contributed by atoms with Gasteiger partial charge >= 0.3 is 11.9 Å². The van der Waals surface area contributed by atoms with E-state index in [0.29, 0.717) is 0 Å². The van der Waals surface area contributed by atoms with Gasteiger partial charge in [0, 0.05) is 12.6 Å². The Bertz CT molecular complexity index is 1390. The first kappa shape index (κ1) is 23.6. The lowest BCUT2D eigenvalue weighted by molar-refractivity contribution is -0.153. The normalized spacial score (nSPS) is 11.9. The summed E-state index contributed by atoms with van der Waals surface area (Å²) >= 11 is 6.04. The molecule has 2 aromatic carbocycles. The monoisotopic (exact) mass is 500 g/mol. The van der Waals surface area contributed by atoms with Crippen molar-refractivity contribution in [1.29, 1.82) is 0 Å². The van der Waals surface area contributed by atoms with Gasteiger partial charge in [-0.3, -0.25) is 9.67 Å². The first-order chi connectivity index (χ1) is 16.1. The van der Waals surface area contributed by atoms with Crippen LogP contribution < -0.4 is 15.7 Å². The highest BCUT2D eigenvalue weighted by molar-refractivity contribution is 6.33. The smallest absolute Gasteiger partial charge is 0.422 e. The fourth-order valence-electron chi connectivity index (χ4n) is 3.37. The minimum absolute atomic E-state index is 0.0266. The Morgan fingerprint density at radius 2 is 2.06 bits per heavy atom. The summed E-state index contributed by atoms with van der Waals surface area (Å²) in [5.74, 6) is -0.969. The van der Waals surface area contributed by atoms with E-state index in [4.69, 9.17) is 16.3 Å². The van der Waals surface area contributed by atoms with E-state index in [1.54, 1.807) is 6.92 Å². The summed E-state index contributed by atoms with van der Waals surface area (Å²) in [6.07, 6.45) is -4.65. The molecule has 0 fully saturated rings. The Labute approximate surface area is 193 Å². The Balaban J connectivity index is 1.87. The maximum Gasteiger partial charge on any atom is 0.422 e. The minimum atomic E-state index is -4.65. The standard InChI is InChI=1S/C20H17ClF4N6O3/c1-2-30-15(8-32)29-31(19(30)33)10-6-13-16(14(7-10)34-9-20(23,24)25)18(28-27-13)26-17-11(21)4-3-5-12(17)22/h3-7,32H,2,8-9H2,1H3,(H2,26,27,28). The minimum Gasteiger partial charge on any atom is -0.483 e. The number of aliphatic hydroxyl groups excluding tert-OH is 1. The predicted molar refractivity (Wildman–Crippen MR) is 115 cm³/mol. The second-order valence-electron chi connectivity index (χ2n) is 7.08. The number of H-pyrrole nitrogens is 1. The number of hydrogen-bond acceptors (Lipinski definition) is 6. The van der Waals surface area contributed by atoms with Crippen molar-refractivity contribution in [2.45, 2.75) is 26.3 Å². The fraction of sp³-hybridized carbons (Fsp3) is 0.250. The van der Waals surface area contributed by atoms with E-state index in [1.165, 1.54) is 28.8 Å². The molecule has 14 heteroatoms. The van der Waals surface area contributed by atoms with Gasteiger partial charge in [0.15, 0.2) is 18.2 Å². The molecule has 3 N–H and O–H groups in total. The highest BCUT2D eigenvalue weighted by Crippen LogP contribution is 2.37. The van der Waals surface area contributed by atoms with Crippen molar-refractivity contribution >= 4 is 34.0 Å². The van der Waals surface area contributed by atoms with Crippen molar-refractivity contribution < 1.29 is 27.4 Å². The van der Waals surface area contributed by atoms with Gasteiger partial charge in [-0.2, -0.15) is 23.0 Å². The van der Waals surface area contributed by atoms with Crippen LogP contribution in [0.15, 0.2) is 35.1 Å². The number of nitrogens with zero attached hydrogens (tertiary/aromatic N) is 4. The van der Waals surface area contributed by atoms with Crippen molar-refractivity contribution in [3.8, 4) is 11.4 Å². The number of aliphatic hydroxyl groups is 1. The van der Waals surface area contributed by atoms with Crippen LogP contribution in [0.4, 0.5) is 29.1 Å². The van der Waals surface area contributed by atoms with Gasteiger partial charge in [0.25, 0.3) is 0 Å². The summed E-state index contributed by atoms with van der Waals surface area (Å²) in [5.41, 5.74) is -0.499. The average molecular weight is 501 g/mol. The maximum atomic E-state index is 14.3. The molecule has 0 spiro atoms. The van der Waals surface area contributed by atoms with Gasteiger partial charge < -0.3 is 15.2 Å². The zero-order valence-corrected chi connectivity index (χ0v) is 18.2. The zero-order chi connectivity index (χ0) is 24.6. The van der Waals surface area contributed by atoms with E-state index in [9.17, 15) is 27.5 Å². The molecule has 0 aliphatic rings. The van der Waals surface area contributed by atoms with Crippen LogP contribution in [0.3, 0.4) is 0 Å². The summed E-state index contributed by atoms with van der Waals surface area (Å²) in [4.78, 5) is 12.7. The first-order valence-electron chi connectivity index (χ1n) is 9.85. The van der Waals surface area contributed by atoms with Crippen molar-refractivity contribution in [3.63, 3.8) is 0 Å². The molecule has 0 unspecified atom stereocenters. The van der Waals surface area contributed by atoms with Crippen LogP contribution >= 0.6 is 11.6 Å². The topological polar surface area (TPSA) is 110 Å². The van der Waals surface area contributed by atoms with Crippen LogP contribution in [0, 0.1) is 5.82 Å². The molecule has 0 atom stereocenters. The van der Waals surface area contributed by atoms with Gasteiger partial charge in [-0.15, -0.1) is 5.10 Å². The number of halogens is 5. The van der Waals surface area contributed by atoms with Gasteiger partial charge in [0.2, 0.25) is 0 Å². The van der Waals surface area contributed by atoms with Crippen molar-refractivity contribution in [2.75, 3.05) is 11.9 Å². The second kappa shape index (κ2) is 8.99. The molecule has 4 rings (SSSR count). The molecule has 2 aromatic heterocycles. The molecular formula is C20H17ClF4N6O3. The molecule has 2 heterocycles. The highest BCUT2D eigenvalue weighted by Gasteiger charge is 2.29. The highest BCUT2D eigenvalue weighted by atomic mass is 35.5. The van der Waals surface area contributed by atoms with Gasteiger partial charge in [-0.1, -0.05) is 17.7 Å². The first-order valence-corrected chi connectivity index (χ1v) is 10.2. The van der Waals surface area contributed by atoms with E-state index in [-0.39, 0.29) is 51.2 Å². The third-order valence-electron chi connectivity index (χ3n) is 4.85. The number of fused-ring (bicyclic) bond motifs is 1. The molecule has 0 aliphatic carbocycles. The van der Waals surface area contributed by atoms with Gasteiger partial charge in [-0.25, -0.2) is 9.18 Å². The number of aromatic nitrogens is 5. The van der Waals surface area contributed by atoms with E-state index >= 15 is 0 Å². The summed E-state index contributed by atoms with van der Waals surface area (Å²) in [5, 5.41) is 22.9. The third-order valence-corrected chi connectivity index (χ3v) is 5.17. The van der Waals surface area contributed by atoms with E-state index in [0.717, 1.165) is 10.7 Å². The predicted octanol–water partition coefficient (Wildman–Crippen LogP) is 3.90. The van der Waals surface area contributed by atoms with Gasteiger partial charge in [-0.05, 0) is 25.1 Å². The van der Waals surface area contributed by atoms with Crippen molar-refractivity contribution in [2.24, 2.45) is 0 Å². The zero-order valence-electron chi connectivity index (χ0n) is 17.5. The van der Waals surface area contributed by atoms with E-state index in [2.05, 4.69) is 20.6 Å². The molecule has 0 saturated heterocycles. The van der Waals surface area contributed by atoms with Crippen LogP contribution in [0.2, 0.25) is 5.02 Å². The Hall–Kier alpha value is -3.58. The number of nitrogens with one attached hydrogen (secondary N) is 2. The lowest BCUT2D eigenvalue weighted by Gasteiger charge is -2.13. The molecular weight excluding hydrogens is 484 g/mol. The number of benzene rings is 2. The summed E-state index contributed by atoms with van der Waals surface area (Å²) in [6.45, 7) is -0.252. The molecule has 0 aliphatic heterocycles. The summed E-state index contributed by atoms with van der Waals surface area (Å²) < 4.78 is 60.2. The Kier molecular flexibility index (Phi) is 6.23. The lowest BCUT2D eigenvalue weighted by Crippen LogP contribution is -2.24. The molecule has 0 radical (unpaired) electrons. The molecule has 0 bridgehead atoms. The number of anilines is 2. The van der Waals surface area contributed by atoms with Crippen LogP contribution in [0.25, 0.3) is 16.6 Å². The van der Waals surface area contributed by atoms with E-state index in [1.807, 2.05) is 0 Å². The number of para-hydroxylation sites is 1. The Morgan fingerprint density at radius 3 is 2.68 bits per heavy atom. The lowest BCUT2D eigenvalue weighted by atomic mass is 10.2. The second-order valence-corrected chi connectivity index (χ2v) is 7.48. The van der Waals surface area contributed by atoms with Crippen LogP contribution in [-0.4, -0.2) is 42.4 Å². The van der Waals surface area contributed by atoms with Crippen molar-refractivity contribution in [3.05, 3.63) is 57.5 Å². The van der Waals surface area contributed by atoms with Crippen molar-refractivity contribution in [1.82, 2.24) is 24.5 Å². The van der Waals surface area contributed by atoms with E-state index < -0.39 is 30.9 Å². The quantitative estimate of drug-likeness (QED) is 0.332. The van der Waals surface area contributed by atoms with Gasteiger partial charge in [0.1, 0.15) is 18.2 Å². The summed E-state index contributed by atoms with van der Waals surface area (Å²) in [6, 6.07) is 6.55. The molecule has 9 nitrogen and oxygen atoms in total.